The molecule has 0 unspecified atom stereocenters. The molecule has 7 heteroatoms. The Bertz CT molecular complexity index is 789. The fraction of sp³-hybridized carbons (Fsp3) is 0.632. The number of rotatable bonds is 4. The molecule has 1 fully saturated rings. The van der Waals surface area contributed by atoms with E-state index in [1.54, 1.807) is 16.4 Å². The number of likely N-dealkylation sites (N-methyl/N-ethyl adjacent to an activating group) is 1. The van der Waals surface area contributed by atoms with Crippen LogP contribution in [0.1, 0.15) is 31.4 Å². The number of amides is 1. The Balaban J connectivity index is 1.82. The molecule has 6 nitrogen and oxygen atoms in total. The second kappa shape index (κ2) is 7.29. The molecule has 3 rings (SSSR count). The minimum Gasteiger partial charge on any atom is -0.338 e. The third kappa shape index (κ3) is 3.66. The van der Waals surface area contributed by atoms with Crippen LogP contribution in [0.5, 0.6) is 0 Å². The molecule has 0 spiro atoms. The highest BCUT2D eigenvalue weighted by atomic mass is 32.2. The quantitative estimate of drug-likeness (QED) is 0.796. The maximum Gasteiger partial charge on any atom is 0.243 e. The molecule has 0 N–H and O–H groups in total. The van der Waals surface area contributed by atoms with Crippen molar-refractivity contribution in [3.63, 3.8) is 0 Å². The van der Waals surface area contributed by atoms with Crippen molar-refractivity contribution in [1.29, 1.82) is 0 Å². The van der Waals surface area contributed by atoms with Crippen molar-refractivity contribution in [2.45, 2.75) is 44.2 Å². The van der Waals surface area contributed by atoms with Crippen LogP contribution in [0, 0.1) is 5.92 Å². The highest BCUT2D eigenvalue weighted by Gasteiger charge is 2.34. The summed E-state index contributed by atoms with van der Waals surface area (Å²) in [5, 5.41) is 0. The van der Waals surface area contributed by atoms with Crippen molar-refractivity contribution in [2.75, 3.05) is 33.7 Å². The maximum atomic E-state index is 13.0. The second-order valence-corrected chi connectivity index (χ2v) is 9.80. The Morgan fingerprint density at radius 2 is 1.92 bits per heavy atom. The van der Waals surface area contributed by atoms with Gasteiger partial charge in [-0.2, -0.15) is 4.31 Å². The van der Waals surface area contributed by atoms with Gasteiger partial charge < -0.3 is 9.80 Å². The molecule has 0 aromatic heterocycles. The first-order valence-electron chi connectivity index (χ1n) is 9.27. The van der Waals surface area contributed by atoms with Gasteiger partial charge in [-0.1, -0.05) is 19.9 Å². The molecule has 1 aromatic carbocycles. The van der Waals surface area contributed by atoms with E-state index in [9.17, 15) is 13.2 Å². The summed E-state index contributed by atoms with van der Waals surface area (Å²) < 4.78 is 27.7. The van der Waals surface area contributed by atoms with Gasteiger partial charge in [-0.05, 0) is 50.2 Å². The molecule has 0 radical (unpaired) electrons. The van der Waals surface area contributed by atoms with E-state index in [1.807, 2.05) is 38.9 Å². The minimum absolute atomic E-state index is 0.0453. The third-order valence-electron chi connectivity index (χ3n) is 5.49. The molecular formula is C19H29N3O3S. The molecule has 1 atom stereocenters. The number of benzene rings is 1. The molecular weight excluding hydrogens is 350 g/mol. The molecule has 2 aliphatic rings. The molecule has 0 aliphatic carbocycles. The van der Waals surface area contributed by atoms with E-state index in [0.29, 0.717) is 31.1 Å². The lowest BCUT2D eigenvalue weighted by molar-refractivity contribution is -0.135. The number of hydrogen-bond acceptors (Lipinski definition) is 4. The second-order valence-electron chi connectivity index (χ2n) is 7.86. The minimum atomic E-state index is -3.49. The molecule has 144 valence electrons. The number of carbonyl (C=O) groups excluding carboxylic acids is 1. The smallest absolute Gasteiger partial charge is 0.243 e. The van der Waals surface area contributed by atoms with Gasteiger partial charge in [0.1, 0.15) is 0 Å². The van der Waals surface area contributed by atoms with E-state index >= 15 is 0 Å². The molecule has 2 aliphatic heterocycles. The summed E-state index contributed by atoms with van der Waals surface area (Å²) in [5.41, 5.74) is 2.10. The van der Waals surface area contributed by atoms with E-state index in [1.165, 1.54) is 0 Å². The van der Waals surface area contributed by atoms with Crippen molar-refractivity contribution in [1.82, 2.24) is 14.1 Å². The zero-order valence-corrected chi connectivity index (χ0v) is 16.9. The molecule has 0 bridgehead atoms. The lowest BCUT2D eigenvalue weighted by Crippen LogP contribution is -2.38. The van der Waals surface area contributed by atoms with Gasteiger partial charge in [-0.3, -0.25) is 4.79 Å². The summed E-state index contributed by atoms with van der Waals surface area (Å²) in [6.45, 7) is 6.08. The summed E-state index contributed by atoms with van der Waals surface area (Å²) in [6, 6.07) is 5.67. The van der Waals surface area contributed by atoms with Crippen molar-refractivity contribution >= 4 is 15.9 Å². The first-order chi connectivity index (χ1) is 12.2. The van der Waals surface area contributed by atoms with E-state index < -0.39 is 10.0 Å². The van der Waals surface area contributed by atoms with E-state index in [2.05, 4.69) is 4.90 Å². The van der Waals surface area contributed by atoms with Gasteiger partial charge in [0, 0.05) is 38.1 Å². The number of carbonyl (C=O) groups is 1. The van der Waals surface area contributed by atoms with Gasteiger partial charge >= 0.3 is 0 Å². The van der Waals surface area contributed by atoms with Gasteiger partial charge in [-0.25, -0.2) is 8.42 Å². The fourth-order valence-corrected chi connectivity index (χ4v) is 5.29. The van der Waals surface area contributed by atoms with Crippen molar-refractivity contribution in [3.8, 4) is 0 Å². The van der Waals surface area contributed by atoms with Crippen molar-refractivity contribution in [2.24, 2.45) is 5.92 Å². The number of fused-ring (bicyclic) bond motifs is 1. The summed E-state index contributed by atoms with van der Waals surface area (Å²) in [7, 11) is 0.483. The van der Waals surface area contributed by atoms with Crippen LogP contribution in [-0.4, -0.2) is 68.2 Å². The standard InChI is InChI=1S/C19H29N3O3S/c1-14(2)19(23)21-9-7-15-5-6-18(11-16(15)12-21)26(24,25)22-10-8-17(13-22)20(3)4/h5-6,11,14,17H,7-10,12-13H2,1-4H3/t17-/m1/s1. The lowest BCUT2D eigenvalue weighted by atomic mass is 9.99. The molecule has 1 amide bonds. The predicted molar refractivity (Wildman–Crippen MR) is 101 cm³/mol. The van der Waals surface area contributed by atoms with E-state index in [4.69, 9.17) is 0 Å². The van der Waals surface area contributed by atoms with Crippen molar-refractivity contribution < 1.29 is 13.2 Å². The van der Waals surface area contributed by atoms with Crippen LogP contribution in [0.4, 0.5) is 0 Å². The van der Waals surface area contributed by atoms with Gasteiger partial charge in [0.15, 0.2) is 0 Å². The van der Waals surface area contributed by atoms with Gasteiger partial charge in [0.25, 0.3) is 0 Å². The monoisotopic (exact) mass is 379 g/mol. The zero-order chi connectivity index (χ0) is 19.1. The van der Waals surface area contributed by atoms with Crippen LogP contribution in [-0.2, 0) is 27.8 Å². The van der Waals surface area contributed by atoms with Crippen LogP contribution in [0.25, 0.3) is 0 Å². The molecule has 1 aromatic rings. The molecule has 2 heterocycles. The highest BCUT2D eigenvalue weighted by Crippen LogP contribution is 2.27. The Hall–Kier alpha value is -1.44. The average Bonchev–Trinajstić information content (AvgIpc) is 3.11. The Morgan fingerprint density at radius 1 is 1.19 bits per heavy atom. The number of nitrogens with zero attached hydrogens (tertiary/aromatic N) is 3. The molecule has 26 heavy (non-hydrogen) atoms. The Morgan fingerprint density at radius 3 is 2.54 bits per heavy atom. The van der Waals surface area contributed by atoms with Crippen LogP contribution in [0.15, 0.2) is 23.1 Å². The molecule has 0 saturated carbocycles. The van der Waals surface area contributed by atoms with Crippen LogP contribution in [0.2, 0.25) is 0 Å². The summed E-state index contributed by atoms with van der Waals surface area (Å²) in [5.74, 6) is 0.0771. The topological polar surface area (TPSA) is 60.9 Å². The van der Waals surface area contributed by atoms with Crippen LogP contribution in [0.3, 0.4) is 0 Å². The van der Waals surface area contributed by atoms with Crippen molar-refractivity contribution in [3.05, 3.63) is 29.3 Å². The number of hydrogen-bond donors (Lipinski definition) is 0. The number of sulfonamides is 1. The first-order valence-corrected chi connectivity index (χ1v) is 10.7. The average molecular weight is 380 g/mol. The normalized spacial score (nSPS) is 21.5. The molecule has 1 saturated heterocycles. The summed E-state index contributed by atoms with van der Waals surface area (Å²) >= 11 is 0. The first kappa shape index (κ1) is 19.3. The van der Waals surface area contributed by atoms with E-state index in [0.717, 1.165) is 24.0 Å². The zero-order valence-electron chi connectivity index (χ0n) is 16.1. The van der Waals surface area contributed by atoms with Gasteiger partial charge in [-0.15, -0.1) is 0 Å². The largest absolute Gasteiger partial charge is 0.338 e. The van der Waals surface area contributed by atoms with Crippen LogP contribution >= 0.6 is 0 Å². The summed E-state index contributed by atoms with van der Waals surface area (Å²) in [6.07, 6.45) is 1.63. The van der Waals surface area contributed by atoms with Gasteiger partial charge in [0.2, 0.25) is 15.9 Å². The Kier molecular flexibility index (Phi) is 5.42. The fourth-order valence-electron chi connectivity index (χ4n) is 3.75. The Labute approximate surface area is 156 Å². The van der Waals surface area contributed by atoms with Gasteiger partial charge in [0.05, 0.1) is 4.90 Å². The summed E-state index contributed by atoms with van der Waals surface area (Å²) in [4.78, 5) is 16.6. The third-order valence-corrected chi connectivity index (χ3v) is 7.35. The predicted octanol–water partition coefficient (Wildman–Crippen LogP) is 1.55. The lowest BCUT2D eigenvalue weighted by Gasteiger charge is -2.30. The van der Waals surface area contributed by atoms with Crippen LogP contribution < -0.4 is 0 Å². The SMILES string of the molecule is CC(C)C(=O)N1CCc2ccc(S(=O)(=O)N3CC[C@@H](N(C)C)C3)cc2C1. The highest BCUT2D eigenvalue weighted by molar-refractivity contribution is 7.89. The van der Waals surface area contributed by atoms with E-state index in [-0.39, 0.29) is 17.9 Å². The maximum absolute atomic E-state index is 13.0.